The summed E-state index contributed by atoms with van der Waals surface area (Å²) in [4.78, 5) is 4.40. The monoisotopic (exact) mass is 327 g/mol. The molecule has 0 aliphatic carbocycles. The Bertz CT molecular complexity index is 552. The standard InChI is InChI=1S/C15H25N3O3S/c1-21-10-7-16-15-4-3-14(12-17-15)11-13-5-8-18(9-6-13)22(2,19)20/h3-4,12-13H,5-11H2,1-2H3,(H,16,17). The van der Waals surface area contributed by atoms with E-state index in [1.165, 1.54) is 11.8 Å². The molecule has 0 saturated carbocycles. The summed E-state index contributed by atoms with van der Waals surface area (Å²) in [7, 11) is -1.36. The van der Waals surface area contributed by atoms with Gasteiger partial charge in [-0.05, 0) is 36.8 Å². The highest BCUT2D eigenvalue weighted by molar-refractivity contribution is 7.88. The number of hydrogen-bond donors (Lipinski definition) is 1. The summed E-state index contributed by atoms with van der Waals surface area (Å²) in [6, 6.07) is 4.07. The molecule has 22 heavy (non-hydrogen) atoms. The minimum absolute atomic E-state index is 0.534. The maximum atomic E-state index is 11.5. The van der Waals surface area contributed by atoms with Crippen molar-refractivity contribution in [3.8, 4) is 0 Å². The second-order valence-corrected chi connectivity index (χ2v) is 7.76. The Kier molecular flexibility index (Phi) is 6.16. The van der Waals surface area contributed by atoms with E-state index in [1.54, 1.807) is 11.4 Å². The van der Waals surface area contributed by atoms with Crippen LogP contribution in [0.2, 0.25) is 0 Å². The lowest BCUT2D eigenvalue weighted by atomic mass is 9.91. The summed E-state index contributed by atoms with van der Waals surface area (Å²) in [5, 5.41) is 3.19. The van der Waals surface area contributed by atoms with Crippen LogP contribution < -0.4 is 5.32 Å². The summed E-state index contributed by atoms with van der Waals surface area (Å²) >= 11 is 0. The normalized spacial score (nSPS) is 17.5. The Balaban J connectivity index is 1.80. The Morgan fingerprint density at radius 3 is 2.64 bits per heavy atom. The first-order chi connectivity index (χ1) is 10.5. The zero-order chi connectivity index (χ0) is 16.0. The number of piperidine rings is 1. The molecule has 6 nitrogen and oxygen atoms in total. The maximum absolute atomic E-state index is 11.5. The predicted molar refractivity (Wildman–Crippen MR) is 87.4 cm³/mol. The number of methoxy groups -OCH3 is 1. The van der Waals surface area contributed by atoms with E-state index in [-0.39, 0.29) is 0 Å². The minimum atomic E-state index is -3.04. The van der Waals surface area contributed by atoms with Crippen LogP contribution in [-0.4, -0.2) is 57.3 Å². The smallest absolute Gasteiger partial charge is 0.211 e. The summed E-state index contributed by atoms with van der Waals surface area (Å²) in [6.07, 6.45) is 5.98. The fourth-order valence-corrected chi connectivity index (χ4v) is 3.58. The molecule has 2 heterocycles. The highest BCUT2D eigenvalue weighted by atomic mass is 32.2. The molecule has 0 amide bonds. The minimum Gasteiger partial charge on any atom is -0.383 e. The van der Waals surface area contributed by atoms with Gasteiger partial charge in [-0.3, -0.25) is 0 Å². The quantitative estimate of drug-likeness (QED) is 0.766. The Labute approximate surface area is 132 Å². The lowest BCUT2D eigenvalue weighted by Crippen LogP contribution is -2.38. The molecule has 1 aromatic heterocycles. The van der Waals surface area contributed by atoms with Gasteiger partial charge in [0.2, 0.25) is 10.0 Å². The lowest BCUT2D eigenvalue weighted by molar-refractivity contribution is 0.210. The fourth-order valence-electron chi connectivity index (χ4n) is 2.71. The number of sulfonamides is 1. The van der Waals surface area contributed by atoms with Gasteiger partial charge in [0, 0.05) is 32.9 Å². The van der Waals surface area contributed by atoms with Crippen LogP contribution in [-0.2, 0) is 21.2 Å². The number of ether oxygens (including phenoxy) is 1. The zero-order valence-electron chi connectivity index (χ0n) is 13.3. The van der Waals surface area contributed by atoms with Crippen molar-refractivity contribution in [2.45, 2.75) is 19.3 Å². The predicted octanol–water partition coefficient (Wildman–Crippen LogP) is 1.35. The molecule has 0 radical (unpaired) electrons. The second-order valence-electron chi connectivity index (χ2n) is 5.78. The highest BCUT2D eigenvalue weighted by Crippen LogP contribution is 2.23. The van der Waals surface area contributed by atoms with Gasteiger partial charge < -0.3 is 10.1 Å². The van der Waals surface area contributed by atoms with Gasteiger partial charge in [-0.15, -0.1) is 0 Å². The lowest BCUT2D eigenvalue weighted by Gasteiger charge is -2.30. The van der Waals surface area contributed by atoms with Crippen LogP contribution in [0.15, 0.2) is 18.3 Å². The number of hydrogen-bond acceptors (Lipinski definition) is 5. The molecule has 7 heteroatoms. The molecule has 0 spiro atoms. The van der Waals surface area contributed by atoms with Gasteiger partial charge in [0.25, 0.3) is 0 Å². The van der Waals surface area contributed by atoms with Crippen molar-refractivity contribution >= 4 is 15.8 Å². The molecule has 0 atom stereocenters. The summed E-state index contributed by atoms with van der Waals surface area (Å²) < 4.78 is 29.6. The van der Waals surface area contributed by atoms with Crippen LogP contribution in [0.1, 0.15) is 18.4 Å². The van der Waals surface area contributed by atoms with E-state index >= 15 is 0 Å². The molecule has 1 aromatic rings. The third-order valence-corrected chi connectivity index (χ3v) is 5.31. The van der Waals surface area contributed by atoms with Gasteiger partial charge in [0.05, 0.1) is 12.9 Å². The molecule has 0 aromatic carbocycles. The van der Waals surface area contributed by atoms with Gasteiger partial charge >= 0.3 is 0 Å². The number of nitrogens with one attached hydrogen (secondary N) is 1. The van der Waals surface area contributed by atoms with Gasteiger partial charge in [-0.2, -0.15) is 0 Å². The van der Waals surface area contributed by atoms with E-state index in [0.717, 1.165) is 31.6 Å². The van der Waals surface area contributed by atoms with Crippen molar-refractivity contribution in [2.24, 2.45) is 5.92 Å². The van der Waals surface area contributed by atoms with E-state index in [1.807, 2.05) is 12.3 Å². The highest BCUT2D eigenvalue weighted by Gasteiger charge is 2.24. The van der Waals surface area contributed by atoms with Crippen molar-refractivity contribution < 1.29 is 13.2 Å². The van der Waals surface area contributed by atoms with E-state index in [2.05, 4.69) is 16.4 Å². The first-order valence-electron chi connectivity index (χ1n) is 7.62. The number of rotatable bonds is 7. The molecule has 1 aliphatic heterocycles. The largest absolute Gasteiger partial charge is 0.383 e. The molecule has 0 unspecified atom stereocenters. The zero-order valence-corrected chi connectivity index (χ0v) is 14.1. The van der Waals surface area contributed by atoms with Crippen molar-refractivity contribution in [3.05, 3.63) is 23.9 Å². The van der Waals surface area contributed by atoms with Crippen molar-refractivity contribution in [1.82, 2.24) is 9.29 Å². The molecule has 1 fully saturated rings. The Morgan fingerprint density at radius 2 is 2.09 bits per heavy atom. The van der Waals surface area contributed by atoms with Crippen LogP contribution in [0, 0.1) is 5.92 Å². The average molecular weight is 327 g/mol. The molecule has 2 rings (SSSR count). The first-order valence-corrected chi connectivity index (χ1v) is 9.46. The Morgan fingerprint density at radius 1 is 1.36 bits per heavy atom. The molecule has 1 saturated heterocycles. The third kappa shape index (κ3) is 5.23. The molecule has 0 bridgehead atoms. The van der Waals surface area contributed by atoms with Crippen LogP contribution >= 0.6 is 0 Å². The molecule has 124 valence electrons. The number of aromatic nitrogens is 1. The van der Waals surface area contributed by atoms with E-state index in [0.29, 0.717) is 25.6 Å². The van der Waals surface area contributed by atoms with Crippen molar-refractivity contribution in [3.63, 3.8) is 0 Å². The SMILES string of the molecule is COCCNc1ccc(CC2CCN(S(C)(=O)=O)CC2)cn1. The van der Waals surface area contributed by atoms with E-state index < -0.39 is 10.0 Å². The first kappa shape index (κ1) is 17.2. The number of nitrogens with zero attached hydrogens (tertiary/aromatic N) is 2. The molecule has 1 N–H and O–H groups in total. The van der Waals surface area contributed by atoms with Crippen molar-refractivity contribution in [1.29, 1.82) is 0 Å². The van der Waals surface area contributed by atoms with Gasteiger partial charge in [0.15, 0.2) is 0 Å². The van der Waals surface area contributed by atoms with Crippen LogP contribution in [0.3, 0.4) is 0 Å². The summed E-state index contributed by atoms with van der Waals surface area (Å²) in [6.45, 7) is 2.66. The number of pyridine rings is 1. The van der Waals surface area contributed by atoms with Gasteiger partial charge in [0.1, 0.15) is 5.82 Å². The Hall–Kier alpha value is -1.18. The van der Waals surface area contributed by atoms with Gasteiger partial charge in [-0.25, -0.2) is 17.7 Å². The van der Waals surface area contributed by atoms with Crippen LogP contribution in [0.4, 0.5) is 5.82 Å². The van der Waals surface area contributed by atoms with Crippen LogP contribution in [0.5, 0.6) is 0 Å². The maximum Gasteiger partial charge on any atom is 0.211 e. The van der Waals surface area contributed by atoms with Crippen LogP contribution in [0.25, 0.3) is 0 Å². The van der Waals surface area contributed by atoms with Gasteiger partial charge in [-0.1, -0.05) is 6.07 Å². The second kappa shape index (κ2) is 7.89. The summed E-state index contributed by atoms with van der Waals surface area (Å²) in [5.41, 5.74) is 1.20. The fraction of sp³-hybridized carbons (Fsp3) is 0.667. The molecular formula is C15H25N3O3S. The number of anilines is 1. The topological polar surface area (TPSA) is 71.5 Å². The molecular weight excluding hydrogens is 302 g/mol. The average Bonchev–Trinajstić information content (AvgIpc) is 2.49. The van der Waals surface area contributed by atoms with Crippen molar-refractivity contribution in [2.75, 3.05) is 44.9 Å². The molecule has 1 aliphatic rings. The summed E-state index contributed by atoms with van der Waals surface area (Å²) in [5.74, 6) is 1.39. The van der Waals surface area contributed by atoms with E-state index in [4.69, 9.17) is 4.74 Å². The van der Waals surface area contributed by atoms with E-state index in [9.17, 15) is 8.42 Å². The third-order valence-electron chi connectivity index (χ3n) is 4.00.